The zero-order chi connectivity index (χ0) is 21.7. The molecule has 0 spiro atoms. The molecule has 1 amide bonds. The molecule has 30 heavy (non-hydrogen) atoms. The highest BCUT2D eigenvalue weighted by Crippen LogP contribution is 2.41. The molecule has 0 saturated heterocycles. The van der Waals surface area contributed by atoms with Crippen LogP contribution in [0.15, 0.2) is 53.6 Å². The number of nitrogens with one attached hydrogen (secondary N) is 1. The summed E-state index contributed by atoms with van der Waals surface area (Å²) in [5.74, 6) is -0.115. The SMILES string of the molecule is CCCN1c2cc(Cl)c(/C=N/NC(=O)CCc3ccccc3)cc2C(C)=CC1(C)C. The molecule has 0 radical (unpaired) electrons. The monoisotopic (exact) mass is 423 g/mol. The third-order valence-corrected chi connectivity index (χ3v) is 5.75. The van der Waals surface area contributed by atoms with Crippen LogP contribution in [-0.2, 0) is 11.2 Å². The Morgan fingerprint density at radius 3 is 2.67 bits per heavy atom. The van der Waals surface area contributed by atoms with E-state index in [0.29, 0.717) is 17.9 Å². The van der Waals surface area contributed by atoms with Gasteiger partial charge in [-0.25, -0.2) is 5.43 Å². The summed E-state index contributed by atoms with van der Waals surface area (Å²) < 4.78 is 0. The number of hydrogen-bond donors (Lipinski definition) is 1. The van der Waals surface area contributed by atoms with Gasteiger partial charge >= 0.3 is 0 Å². The van der Waals surface area contributed by atoms with Crippen molar-refractivity contribution in [2.45, 2.75) is 52.5 Å². The van der Waals surface area contributed by atoms with Crippen molar-refractivity contribution >= 4 is 35.0 Å². The number of hydrazone groups is 1. The summed E-state index contributed by atoms with van der Waals surface area (Å²) >= 11 is 6.57. The van der Waals surface area contributed by atoms with E-state index in [1.165, 1.54) is 5.57 Å². The normalized spacial score (nSPS) is 15.1. The molecule has 0 fully saturated rings. The fraction of sp³-hybridized carbons (Fsp3) is 0.360. The molecule has 0 atom stereocenters. The summed E-state index contributed by atoms with van der Waals surface area (Å²) in [6.07, 6.45) is 6.06. The van der Waals surface area contributed by atoms with Gasteiger partial charge in [0.05, 0.1) is 16.8 Å². The molecule has 1 heterocycles. The third-order valence-electron chi connectivity index (χ3n) is 5.42. The van der Waals surface area contributed by atoms with Gasteiger partial charge in [0, 0.05) is 29.8 Å². The molecular weight excluding hydrogens is 394 g/mol. The van der Waals surface area contributed by atoms with E-state index in [1.807, 2.05) is 36.4 Å². The van der Waals surface area contributed by atoms with E-state index in [-0.39, 0.29) is 11.4 Å². The third kappa shape index (κ3) is 5.11. The zero-order valence-corrected chi connectivity index (χ0v) is 19.0. The number of halogens is 1. The standard InChI is InChI=1S/C25H30ClN3O/c1-5-13-29-23-15-22(26)20(14-21(23)18(2)16-25(29,3)4)17-27-28-24(30)12-11-19-9-7-6-8-10-19/h6-10,14-17H,5,11-13H2,1-4H3,(H,28,30)/b27-17+. The second-order valence-corrected chi connectivity index (χ2v) is 8.71. The second-order valence-electron chi connectivity index (χ2n) is 8.30. The van der Waals surface area contributed by atoms with Crippen LogP contribution in [0.1, 0.15) is 57.2 Å². The number of carbonyl (C=O) groups excluding carboxylic acids is 1. The van der Waals surface area contributed by atoms with Crippen LogP contribution in [0.25, 0.3) is 5.57 Å². The number of fused-ring (bicyclic) bond motifs is 1. The van der Waals surface area contributed by atoms with Crippen LogP contribution in [0.5, 0.6) is 0 Å². The Labute approximate surface area is 184 Å². The Hall–Kier alpha value is -2.59. The number of hydrogen-bond acceptors (Lipinski definition) is 3. The molecule has 1 N–H and O–H groups in total. The Balaban J connectivity index is 1.71. The molecular formula is C25H30ClN3O. The van der Waals surface area contributed by atoms with Crippen LogP contribution < -0.4 is 10.3 Å². The maximum Gasteiger partial charge on any atom is 0.240 e. The van der Waals surface area contributed by atoms with Crippen LogP contribution >= 0.6 is 11.6 Å². The first-order valence-electron chi connectivity index (χ1n) is 10.5. The molecule has 0 aromatic heterocycles. The number of benzene rings is 2. The second kappa shape index (κ2) is 9.48. The van der Waals surface area contributed by atoms with E-state index in [1.54, 1.807) is 6.21 Å². The Kier molecular flexibility index (Phi) is 6.99. The first-order chi connectivity index (χ1) is 14.3. The van der Waals surface area contributed by atoms with Crippen LogP contribution in [0.2, 0.25) is 5.02 Å². The number of carbonyl (C=O) groups is 1. The number of nitrogens with zero attached hydrogens (tertiary/aromatic N) is 2. The summed E-state index contributed by atoms with van der Waals surface area (Å²) in [6.45, 7) is 9.73. The highest BCUT2D eigenvalue weighted by molar-refractivity contribution is 6.33. The Bertz CT molecular complexity index is 964. The summed E-state index contributed by atoms with van der Waals surface area (Å²) in [5, 5.41) is 4.76. The van der Waals surface area contributed by atoms with E-state index < -0.39 is 0 Å². The van der Waals surface area contributed by atoms with Gasteiger partial charge in [-0.3, -0.25) is 4.79 Å². The van der Waals surface area contributed by atoms with E-state index in [2.05, 4.69) is 55.3 Å². The number of allylic oxidation sites excluding steroid dienone is 1. The van der Waals surface area contributed by atoms with E-state index in [0.717, 1.165) is 35.3 Å². The van der Waals surface area contributed by atoms with Crippen molar-refractivity contribution in [1.82, 2.24) is 5.43 Å². The van der Waals surface area contributed by atoms with Gasteiger partial charge in [-0.05, 0) is 56.9 Å². The van der Waals surface area contributed by atoms with Gasteiger partial charge in [0.25, 0.3) is 0 Å². The van der Waals surface area contributed by atoms with Crippen LogP contribution in [0.3, 0.4) is 0 Å². The van der Waals surface area contributed by atoms with Gasteiger partial charge in [0.2, 0.25) is 5.91 Å². The smallest absolute Gasteiger partial charge is 0.240 e. The predicted octanol–water partition coefficient (Wildman–Crippen LogP) is 5.83. The van der Waals surface area contributed by atoms with Gasteiger partial charge in [-0.2, -0.15) is 5.10 Å². The zero-order valence-electron chi connectivity index (χ0n) is 18.2. The van der Waals surface area contributed by atoms with Crippen LogP contribution in [-0.4, -0.2) is 24.2 Å². The average molecular weight is 424 g/mol. The molecule has 0 saturated carbocycles. The van der Waals surface area contributed by atoms with Gasteiger partial charge in [0.15, 0.2) is 0 Å². The topological polar surface area (TPSA) is 44.7 Å². The molecule has 0 unspecified atom stereocenters. The van der Waals surface area contributed by atoms with Crippen molar-refractivity contribution in [3.63, 3.8) is 0 Å². The number of aryl methyl sites for hydroxylation is 1. The first-order valence-corrected chi connectivity index (χ1v) is 10.9. The fourth-order valence-electron chi connectivity index (χ4n) is 3.98. The largest absolute Gasteiger partial charge is 0.362 e. The highest BCUT2D eigenvalue weighted by atomic mass is 35.5. The van der Waals surface area contributed by atoms with E-state index in [9.17, 15) is 4.79 Å². The summed E-state index contributed by atoms with van der Waals surface area (Å²) in [6, 6.07) is 14.0. The summed E-state index contributed by atoms with van der Waals surface area (Å²) in [5.41, 5.74) is 8.01. The lowest BCUT2D eigenvalue weighted by Crippen LogP contribution is -2.45. The van der Waals surface area contributed by atoms with Crippen molar-refractivity contribution in [2.24, 2.45) is 5.10 Å². The fourth-order valence-corrected chi connectivity index (χ4v) is 4.18. The number of anilines is 1. The van der Waals surface area contributed by atoms with Crippen molar-refractivity contribution in [3.05, 3.63) is 70.3 Å². The van der Waals surface area contributed by atoms with Crippen molar-refractivity contribution in [3.8, 4) is 0 Å². The molecule has 1 aliphatic rings. The van der Waals surface area contributed by atoms with Crippen molar-refractivity contribution in [1.29, 1.82) is 0 Å². The first kappa shape index (κ1) is 22.1. The van der Waals surface area contributed by atoms with Crippen LogP contribution in [0.4, 0.5) is 5.69 Å². The minimum Gasteiger partial charge on any atom is -0.362 e. The lowest BCUT2D eigenvalue weighted by atomic mass is 9.88. The lowest BCUT2D eigenvalue weighted by Gasteiger charge is -2.43. The Morgan fingerprint density at radius 2 is 1.97 bits per heavy atom. The average Bonchev–Trinajstić information content (AvgIpc) is 2.71. The quantitative estimate of drug-likeness (QED) is 0.449. The molecule has 5 heteroatoms. The maximum atomic E-state index is 12.1. The van der Waals surface area contributed by atoms with Gasteiger partial charge in [0.1, 0.15) is 0 Å². The maximum absolute atomic E-state index is 12.1. The molecule has 4 nitrogen and oxygen atoms in total. The molecule has 0 aliphatic carbocycles. The van der Waals surface area contributed by atoms with Gasteiger partial charge in [-0.15, -0.1) is 0 Å². The molecule has 3 rings (SSSR count). The van der Waals surface area contributed by atoms with Crippen LogP contribution in [0, 0.1) is 0 Å². The summed E-state index contributed by atoms with van der Waals surface area (Å²) in [4.78, 5) is 14.5. The van der Waals surface area contributed by atoms with E-state index in [4.69, 9.17) is 11.6 Å². The predicted molar refractivity (Wildman–Crippen MR) is 127 cm³/mol. The van der Waals surface area contributed by atoms with E-state index >= 15 is 0 Å². The summed E-state index contributed by atoms with van der Waals surface area (Å²) in [7, 11) is 0. The number of rotatable bonds is 7. The highest BCUT2D eigenvalue weighted by Gasteiger charge is 2.31. The molecule has 2 aromatic rings. The molecule has 1 aliphatic heterocycles. The van der Waals surface area contributed by atoms with Crippen molar-refractivity contribution in [2.75, 3.05) is 11.4 Å². The molecule has 0 bridgehead atoms. The number of amides is 1. The van der Waals surface area contributed by atoms with Gasteiger partial charge in [-0.1, -0.05) is 54.9 Å². The lowest BCUT2D eigenvalue weighted by molar-refractivity contribution is -0.121. The minimum absolute atomic E-state index is 0.0568. The molecule has 158 valence electrons. The van der Waals surface area contributed by atoms with Gasteiger partial charge < -0.3 is 4.90 Å². The van der Waals surface area contributed by atoms with Crippen molar-refractivity contribution < 1.29 is 4.79 Å². The molecule has 2 aromatic carbocycles. The Morgan fingerprint density at radius 1 is 1.23 bits per heavy atom. The minimum atomic E-state index is -0.115.